The second-order valence-electron chi connectivity index (χ2n) is 7.46. The maximum absolute atomic E-state index is 12.9. The highest BCUT2D eigenvalue weighted by Gasteiger charge is 2.21. The van der Waals surface area contributed by atoms with E-state index >= 15 is 0 Å². The maximum atomic E-state index is 12.9. The van der Waals surface area contributed by atoms with Crippen molar-refractivity contribution < 1.29 is 23.6 Å². The van der Waals surface area contributed by atoms with E-state index in [1.165, 1.54) is 0 Å². The van der Waals surface area contributed by atoms with Crippen molar-refractivity contribution in [2.24, 2.45) is 0 Å². The summed E-state index contributed by atoms with van der Waals surface area (Å²) >= 11 is 0. The lowest BCUT2D eigenvalue weighted by atomic mass is 10.1. The zero-order valence-electron chi connectivity index (χ0n) is 17.8. The van der Waals surface area contributed by atoms with Gasteiger partial charge in [0.2, 0.25) is 5.78 Å². The van der Waals surface area contributed by atoms with E-state index in [2.05, 4.69) is 9.88 Å². The lowest BCUT2D eigenvalue weighted by molar-refractivity contribution is -0.861. The molecule has 0 aliphatic heterocycles. The Morgan fingerprint density at radius 1 is 1.13 bits per heavy atom. The van der Waals surface area contributed by atoms with Gasteiger partial charge in [0.25, 0.3) is 5.91 Å². The Labute approximate surface area is 176 Å². The first-order valence-corrected chi connectivity index (χ1v) is 9.85. The number of ketones is 1. The molecule has 30 heavy (non-hydrogen) atoms. The topological polar surface area (TPSA) is 77.9 Å². The molecule has 0 aliphatic carbocycles. The number of quaternary nitrogens is 1. The summed E-state index contributed by atoms with van der Waals surface area (Å²) in [6.45, 7) is 4.94. The largest absolute Gasteiger partial charge is 0.497 e. The molecule has 1 amide bonds. The molecule has 0 saturated carbocycles. The van der Waals surface area contributed by atoms with E-state index in [1.54, 1.807) is 37.6 Å². The van der Waals surface area contributed by atoms with Crippen LogP contribution in [-0.2, 0) is 11.3 Å². The summed E-state index contributed by atoms with van der Waals surface area (Å²) in [7, 11) is 3.44. The fourth-order valence-electron chi connectivity index (χ4n) is 3.47. The number of anilines is 1. The van der Waals surface area contributed by atoms with Gasteiger partial charge in [-0.25, -0.2) is 0 Å². The monoisotopic (exact) mass is 410 g/mol. The number of carbonyl (C=O) groups is 2. The van der Waals surface area contributed by atoms with Crippen molar-refractivity contribution in [1.29, 1.82) is 0 Å². The van der Waals surface area contributed by atoms with Crippen LogP contribution in [0.25, 0.3) is 0 Å². The van der Waals surface area contributed by atoms with Crippen LogP contribution in [0.5, 0.6) is 5.75 Å². The Kier molecular flexibility index (Phi) is 6.74. The van der Waals surface area contributed by atoms with E-state index in [9.17, 15) is 9.59 Å². The van der Waals surface area contributed by atoms with Crippen LogP contribution < -0.4 is 15.0 Å². The molecule has 2 N–H and O–H groups in total. The molecule has 0 saturated heterocycles. The van der Waals surface area contributed by atoms with E-state index in [-0.39, 0.29) is 24.8 Å². The van der Waals surface area contributed by atoms with Crippen molar-refractivity contribution in [2.75, 3.05) is 32.6 Å². The zero-order chi connectivity index (χ0) is 21.7. The second kappa shape index (κ2) is 9.45. The van der Waals surface area contributed by atoms with Crippen LogP contribution in [0.3, 0.4) is 0 Å². The van der Waals surface area contributed by atoms with Crippen molar-refractivity contribution in [2.45, 2.75) is 20.4 Å². The highest BCUT2D eigenvalue weighted by Crippen LogP contribution is 2.18. The van der Waals surface area contributed by atoms with Crippen molar-refractivity contribution >= 4 is 17.4 Å². The molecule has 1 unspecified atom stereocenters. The highest BCUT2D eigenvalue weighted by molar-refractivity contribution is 5.98. The third kappa shape index (κ3) is 5.18. The summed E-state index contributed by atoms with van der Waals surface area (Å²) in [5, 5.41) is 2.85. The van der Waals surface area contributed by atoms with Gasteiger partial charge in [-0.15, -0.1) is 0 Å². The van der Waals surface area contributed by atoms with Gasteiger partial charge in [0, 0.05) is 22.6 Å². The van der Waals surface area contributed by atoms with Gasteiger partial charge < -0.3 is 23.9 Å². The molecule has 7 heteroatoms. The second-order valence-corrected chi connectivity index (χ2v) is 7.46. The number of furan rings is 1. The van der Waals surface area contributed by atoms with Gasteiger partial charge in [0.1, 0.15) is 18.1 Å². The number of hydrogen-bond acceptors (Lipinski definition) is 4. The molecule has 2 aromatic heterocycles. The molecule has 1 atom stereocenters. The van der Waals surface area contributed by atoms with Gasteiger partial charge in [-0.3, -0.25) is 9.59 Å². The van der Waals surface area contributed by atoms with E-state index in [1.807, 2.05) is 39.1 Å². The lowest BCUT2D eigenvalue weighted by Crippen LogP contribution is -3.11. The summed E-state index contributed by atoms with van der Waals surface area (Å²) in [6, 6.07) is 12.8. The van der Waals surface area contributed by atoms with Crippen molar-refractivity contribution in [3.8, 4) is 5.75 Å². The van der Waals surface area contributed by atoms with Gasteiger partial charge in [0.05, 0.1) is 27.0 Å². The highest BCUT2D eigenvalue weighted by atomic mass is 16.5. The van der Waals surface area contributed by atoms with Crippen molar-refractivity contribution in [3.63, 3.8) is 0 Å². The average Bonchev–Trinajstić information content (AvgIpc) is 3.32. The first-order chi connectivity index (χ1) is 14.4. The Bertz CT molecular complexity index is 1000. The van der Waals surface area contributed by atoms with E-state index in [0.717, 1.165) is 27.8 Å². The maximum Gasteiger partial charge on any atom is 0.279 e. The minimum absolute atomic E-state index is 0.0172. The number of nitrogens with zero attached hydrogens (tertiary/aromatic N) is 1. The molecule has 158 valence electrons. The Balaban J connectivity index is 1.57. The summed E-state index contributed by atoms with van der Waals surface area (Å²) in [6.07, 6.45) is 1.64. The van der Waals surface area contributed by atoms with E-state index < -0.39 is 0 Å². The Hall–Kier alpha value is -3.32. The molecular weight excluding hydrogens is 382 g/mol. The van der Waals surface area contributed by atoms with Crippen LogP contribution in [0.15, 0.2) is 53.1 Å². The summed E-state index contributed by atoms with van der Waals surface area (Å²) in [4.78, 5) is 26.0. The number of nitrogens with one attached hydrogen (secondary N) is 2. The normalized spacial score (nSPS) is 11.9. The number of ether oxygens (including phenoxy) is 1. The lowest BCUT2D eigenvalue weighted by Gasteiger charge is -2.13. The molecule has 1 aromatic carbocycles. The van der Waals surface area contributed by atoms with Crippen LogP contribution in [0, 0.1) is 13.8 Å². The van der Waals surface area contributed by atoms with Crippen LogP contribution in [0.1, 0.15) is 27.5 Å². The summed E-state index contributed by atoms with van der Waals surface area (Å²) < 4.78 is 12.6. The molecule has 3 rings (SSSR count). The van der Waals surface area contributed by atoms with Crippen LogP contribution in [0.4, 0.5) is 5.69 Å². The van der Waals surface area contributed by atoms with Gasteiger partial charge in [0.15, 0.2) is 6.54 Å². The smallest absolute Gasteiger partial charge is 0.279 e. The molecule has 0 fully saturated rings. The number of aryl methyl sites for hydroxylation is 1. The molecule has 0 spiro atoms. The predicted octanol–water partition coefficient (Wildman–Crippen LogP) is 2.09. The predicted molar refractivity (Wildman–Crippen MR) is 114 cm³/mol. The molecule has 0 aliphatic rings. The van der Waals surface area contributed by atoms with Gasteiger partial charge in [-0.05, 0) is 56.3 Å². The van der Waals surface area contributed by atoms with Crippen molar-refractivity contribution in [3.05, 3.63) is 71.4 Å². The summed E-state index contributed by atoms with van der Waals surface area (Å²) in [5.41, 5.74) is 3.29. The van der Waals surface area contributed by atoms with Gasteiger partial charge >= 0.3 is 0 Å². The number of rotatable bonds is 9. The number of likely N-dealkylation sites (N-methyl/N-ethyl adjacent to an activating group) is 1. The summed E-state index contributed by atoms with van der Waals surface area (Å²) in [5.74, 6) is 1.44. The van der Waals surface area contributed by atoms with Gasteiger partial charge in [-0.2, -0.15) is 0 Å². The molecule has 2 heterocycles. The van der Waals surface area contributed by atoms with E-state index in [0.29, 0.717) is 17.8 Å². The quantitative estimate of drug-likeness (QED) is 0.530. The first-order valence-electron chi connectivity index (χ1n) is 9.85. The number of hydrogen-bond donors (Lipinski definition) is 2. The minimum atomic E-state index is -0.145. The number of methoxy groups -OCH3 is 1. The third-order valence-corrected chi connectivity index (χ3v) is 5.07. The average molecular weight is 410 g/mol. The number of aromatic nitrogens is 1. The van der Waals surface area contributed by atoms with Crippen LogP contribution >= 0.6 is 0 Å². The number of carbonyl (C=O) groups excluding carboxylic acids is 2. The SMILES string of the molecule is COc1ccc(NC(=O)C[NH+](C)CC(=O)c2cc(C)n(Cc3ccco3)c2C)cc1. The fraction of sp³-hybridized carbons (Fsp3) is 0.304. The van der Waals surface area contributed by atoms with Crippen molar-refractivity contribution in [1.82, 2.24) is 4.57 Å². The molecular formula is C23H28N3O4+. The Morgan fingerprint density at radius 2 is 1.87 bits per heavy atom. The number of Topliss-reactive ketones (excluding diaryl/α,β-unsaturated/α-hetero) is 1. The third-order valence-electron chi connectivity index (χ3n) is 5.07. The van der Waals surface area contributed by atoms with E-state index in [4.69, 9.17) is 9.15 Å². The number of amides is 1. The number of benzene rings is 1. The fourth-order valence-corrected chi connectivity index (χ4v) is 3.47. The zero-order valence-corrected chi connectivity index (χ0v) is 17.8. The minimum Gasteiger partial charge on any atom is -0.497 e. The van der Waals surface area contributed by atoms with Crippen LogP contribution in [-0.4, -0.2) is 43.5 Å². The molecule has 7 nitrogen and oxygen atoms in total. The standard InChI is InChI=1S/C23H27N3O4/c1-16-12-21(17(2)26(16)13-20-6-5-11-30-20)22(27)14-25(3)15-23(28)24-18-7-9-19(29-4)10-8-18/h5-12H,13-15H2,1-4H3,(H,24,28)/p+1. The molecule has 0 radical (unpaired) electrons. The Morgan fingerprint density at radius 3 is 2.50 bits per heavy atom. The van der Waals surface area contributed by atoms with Crippen LogP contribution in [0.2, 0.25) is 0 Å². The van der Waals surface area contributed by atoms with Gasteiger partial charge in [-0.1, -0.05) is 0 Å². The molecule has 3 aromatic rings. The molecule has 0 bridgehead atoms. The first kappa shape index (κ1) is 21.4.